The summed E-state index contributed by atoms with van der Waals surface area (Å²) >= 11 is 3.02. The van der Waals surface area contributed by atoms with Crippen LogP contribution in [0.2, 0.25) is 0 Å². The van der Waals surface area contributed by atoms with Crippen LogP contribution in [-0.4, -0.2) is 31.7 Å². The van der Waals surface area contributed by atoms with Crippen LogP contribution in [0.1, 0.15) is 37.6 Å². The van der Waals surface area contributed by atoms with E-state index in [-0.39, 0.29) is 34.2 Å². The van der Waals surface area contributed by atoms with Crippen molar-refractivity contribution in [2.75, 3.05) is 11.1 Å². The van der Waals surface area contributed by atoms with Crippen LogP contribution in [0.15, 0.2) is 29.6 Å². The van der Waals surface area contributed by atoms with Gasteiger partial charge in [-0.25, -0.2) is 9.97 Å². The van der Waals surface area contributed by atoms with Crippen LogP contribution in [0, 0.1) is 21.4 Å². The Morgan fingerprint density at radius 1 is 1.38 bits per heavy atom. The fourth-order valence-electron chi connectivity index (χ4n) is 3.99. The van der Waals surface area contributed by atoms with Gasteiger partial charge in [0.1, 0.15) is 21.9 Å². The lowest BCUT2D eigenvalue weighted by Gasteiger charge is -2.33. The number of nitrogens with zero attached hydrogens (tertiary/aromatic N) is 3. The van der Waals surface area contributed by atoms with E-state index in [2.05, 4.69) is 36.1 Å². The number of thioether (sulfide) groups is 1. The molecule has 2 N–H and O–H groups in total. The Balaban J connectivity index is 1.51. The molecule has 0 spiro atoms. The number of rotatable bonds is 5. The highest BCUT2D eigenvalue weighted by atomic mass is 32.2. The molecular weight excluding hydrogens is 448 g/mol. The number of nitro benzene ring substituents is 1. The lowest BCUT2D eigenvalue weighted by atomic mass is 9.72. The largest absolute Gasteiger partial charge is 0.506 e. The lowest BCUT2D eigenvalue weighted by Crippen LogP contribution is -2.26. The van der Waals surface area contributed by atoms with Crippen molar-refractivity contribution in [1.29, 1.82) is 0 Å². The van der Waals surface area contributed by atoms with Gasteiger partial charge in [0.15, 0.2) is 0 Å². The third-order valence-electron chi connectivity index (χ3n) is 5.84. The van der Waals surface area contributed by atoms with Crippen molar-refractivity contribution < 1.29 is 14.8 Å². The maximum atomic E-state index is 12.5. The first-order valence-electron chi connectivity index (χ1n) is 10.3. The Morgan fingerprint density at radius 2 is 2.16 bits per heavy atom. The molecule has 0 aliphatic heterocycles. The highest BCUT2D eigenvalue weighted by molar-refractivity contribution is 8.00. The molecule has 1 unspecified atom stereocenters. The number of thiophene rings is 1. The topological polar surface area (TPSA) is 118 Å². The normalized spacial score (nSPS) is 16.0. The maximum Gasteiger partial charge on any atom is 0.271 e. The summed E-state index contributed by atoms with van der Waals surface area (Å²) < 4.78 is 0. The number of amides is 1. The molecule has 8 nitrogen and oxygen atoms in total. The van der Waals surface area contributed by atoms with Crippen LogP contribution in [0.5, 0.6) is 5.75 Å². The fourth-order valence-corrected chi connectivity index (χ4v) is 6.15. The highest BCUT2D eigenvalue weighted by Gasteiger charge is 2.31. The van der Waals surface area contributed by atoms with Gasteiger partial charge in [-0.2, -0.15) is 0 Å². The van der Waals surface area contributed by atoms with E-state index in [1.165, 1.54) is 40.7 Å². The summed E-state index contributed by atoms with van der Waals surface area (Å²) in [6.07, 6.45) is 4.66. The van der Waals surface area contributed by atoms with Crippen LogP contribution < -0.4 is 5.32 Å². The van der Waals surface area contributed by atoms with Crippen LogP contribution in [0.25, 0.3) is 10.2 Å². The van der Waals surface area contributed by atoms with Gasteiger partial charge in [-0.05, 0) is 42.2 Å². The van der Waals surface area contributed by atoms with Crippen LogP contribution in [-0.2, 0) is 17.6 Å². The number of anilines is 1. The average molecular weight is 473 g/mol. The van der Waals surface area contributed by atoms with Crippen molar-refractivity contribution in [2.24, 2.45) is 11.3 Å². The van der Waals surface area contributed by atoms with Crippen molar-refractivity contribution >= 4 is 50.6 Å². The zero-order valence-electron chi connectivity index (χ0n) is 18.0. The predicted octanol–water partition coefficient (Wildman–Crippen LogP) is 5.19. The number of non-ortho nitro benzene ring substituents is 1. The second kappa shape index (κ2) is 8.67. The Kier molecular flexibility index (Phi) is 6.09. The summed E-state index contributed by atoms with van der Waals surface area (Å²) in [5.41, 5.74) is 1.36. The van der Waals surface area contributed by atoms with Gasteiger partial charge in [-0.15, -0.1) is 11.3 Å². The maximum absolute atomic E-state index is 12.5. The molecule has 1 aliphatic rings. The first kappa shape index (κ1) is 22.5. The number of aromatic nitrogens is 2. The number of hydrogen-bond donors (Lipinski definition) is 2. The highest BCUT2D eigenvalue weighted by Crippen LogP contribution is 2.44. The zero-order valence-corrected chi connectivity index (χ0v) is 19.7. The number of nitro groups is 1. The van der Waals surface area contributed by atoms with Crippen LogP contribution in [0.4, 0.5) is 11.4 Å². The molecule has 3 aromatic rings. The van der Waals surface area contributed by atoms with Gasteiger partial charge in [-0.3, -0.25) is 14.9 Å². The van der Waals surface area contributed by atoms with Crippen molar-refractivity contribution in [3.05, 3.63) is 45.1 Å². The van der Waals surface area contributed by atoms with Crippen molar-refractivity contribution in [3.8, 4) is 5.75 Å². The smallest absolute Gasteiger partial charge is 0.271 e. The summed E-state index contributed by atoms with van der Waals surface area (Å²) in [4.78, 5) is 34.0. The Labute approximate surface area is 193 Å². The molecule has 4 rings (SSSR count). The summed E-state index contributed by atoms with van der Waals surface area (Å²) in [6.45, 7) is 6.86. The number of aryl methyl sites for hydroxylation is 1. The number of fused-ring (bicyclic) bond motifs is 3. The number of phenolic OH excluding ortho intramolecular Hbond substituents is 1. The minimum atomic E-state index is -0.578. The molecule has 168 valence electrons. The van der Waals surface area contributed by atoms with Gasteiger partial charge in [0.05, 0.1) is 16.4 Å². The van der Waals surface area contributed by atoms with Gasteiger partial charge in [0.25, 0.3) is 5.69 Å². The van der Waals surface area contributed by atoms with E-state index in [9.17, 15) is 20.0 Å². The van der Waals surface area contributed by atoms with Crippen molar-refractivity contribution in [3.63, 3.8) is 0 Å². The molecular formula is C22H24N4O4S2. The number of nitrogens with one attached hydrogen (secondary N) is 1. The summed E-state index contributed by atoms with van der Waals surface area (Å²) in [6, 6.07) is 3.51. The minimum Gasteiger partial charge on any atom is -0.506 e. The average Bonchev–Trinajstić information content (AvgIpc) is 3.11. The summed E-state index contributed by atoms with van der Waals surface area (Å²) in [5, 5.41) is 25.2. The molecule has 2 aromatic heterocycles. The number of carbonyl (C=O) groups excluding carboxylic acids is 1. The molecule has 1 aliphatic carbocycles. The molecule has 0 saturated carbocycles. The number of carbonyl (C=O) groups is 1. The standard InChI is InChI=1S/C22H24N4O4S2/c1-22(2,3)12-4-6-14-17(8-12)32-21-19(14)20(23-11-24-21)31-10-18(28)25-15-9-13(26(29)30)5-7-16(15)27/h5,7,9,11-12,27H,4,6,8,10H2,1-3H3,(H,25,28). The molecule has 10 heteroatoms. The van der Waals surface area contributed by atoms with E-state index in [1.807, 2.05) is 0 Å². The SMILES string of the molecule is CC(C)(C)C1CCc2c(sc3ncnc(SCC(=O)Nc4cc([N+](=O)[O-])ccc4O)c23)C1. The third-order valence-corrected chi connectivity index (χ3v) is 7.99. The van der Waals surface area contributed by atoms with Gasteiger partial charge < -0.3 is 10.4 Å². The third kappa shape index (κ3) is 4.56. The first-order valence-corrected chi connectivity index (χ1v) is 12.1. The lowest BCUT2D eigenvalue weighted by molar-refractivity contribution is -0.384. The molecule has 1 atom stereocenters. The van der Waals surface area contributed by atoms with Gasteiger partial charge in [0.2, 0.25) is 5.91 Å². The van der Waals surface area contributed by atoms with Crippen LogP contribution >= 0.6 is 23.1 Å². The predicted molar refractivity (Wildman–Crippen MR) is 126 cm³/mol. The van der Waals surface area contributed by atoms with Crippen LogP contribution in [0.3, 0.4) is 0 Å². The summed E-state index contributed by atoms with van der Waals surface area (Å²) in [7, 11) is 0. The second-order valence-corrected chi connectivity index (χ2v) is 11.0. The van der Waals surface area contributed by atoms with E-state index in [4.69, 9.17) is 0 Å². The van der Waals surface area contributed by atoms with E-state index in [1.54, 1.807) is 11.3 Å². The number of benzene rings is 1. The molecule has 0 bridgehead atoms. The molecule has 1 aromatic carbocycles. The van der Waals surface area contributed by atoms with Gasteiger partial charge >= 0.3 is 0 Å². The van der Waals surface area contributed by atoms with E-state index >= 15 is 0 Å². The summed E-state index contributed by atoms with van der Waals surface area (Å²) in [5.74, 6) is 0.0809. The van der Waals surface area contributed by atoms with E-state index in [0.29, 0.717) is 5.92 Å². The monoisotopic (exact) mass is 472 g/mol. The molecule has 0 radical (unpaired) electrons. The Morgan fingerprint density at radius 3 is 2.88 bits per heavy atom. The molecule has 0 fully saturated rings. The number of phenols is 1. The fraction of sp³-hybridized carbons (Fsp3) is 0.409. The van der Waals surface area contributed by atoms with Gasteiger partial charge in [0, 0.05) is 22.4 Å². The molecule has 0 saturated heterocycles. The zero-order chi connectivity index (χ0) is 23.0. The van der Waals surface area contributed by atoms with E-state index < -0.39 is 4.92 Å². The molecule has 1 amide bonds. The van der Waals surface area contributed by atoms with Gasteiger partial charge in [-0.1, -0.05) is 32.5 Å². The Bertz CT molecular complexity index is 1200. The number of aromatic hydroxyl groups is 1. The number of hydrogen-bond acceptors (Lipinski definition) is 8. The Hall–Kier alpha value is -2.72. The second-order valence-electron chi connectivity index (χ2n) is 8.96. The minimum absolute atomic E-state index is 0.0127. The quantitative estimate of drug-likeness (QED) is 0.172. The molecule has 2 heterocycles. The van der Waals surface area contributed by atoms with Crippen molar-refractivity contribution in [2.45, 2.75) is 45.1 Å². The first-order chi connectivity index (χ1) is 15.1. The van der Waals surface area contributed by atoms with E-state index in [0.717, 1.165) is 40.6 Å². The van der Waals surface area contributed by atoms with Crippen molar-refractivity contribution in [1.82, 2.24) is 9.97 Å². The molecule has 32 heavy (non-hydrogen) atoms.